The number of hydrogen-bond acceptors (Lipinski definition) is 4. The first kappa shape index (κ1) is 17.7. The Balaban J connectivity index is 1.39. The molecule has 1 saturated heterocycles. The van der Waals surface area contributed by atoms with E-state index in [1.54, 1.807) is 18.3 Å². The molecule has 2 heterocycles. The molecule has 142 valence electrons. The lowest BCUT2D eigenvalue weighted by atomic mass is 9.85. The quantitative estimate of drug-likeness (QED) is 0.900. The molecule has 1 aliphatic carbocycles. The van der Waals surface area contributed by atoms with Gasteiger partial charge in [-0.05, 0) is 43.0 Å². The van der Waals surface area contributed by atoms with Crippen molar-refractivity contribution in [2.75, 3.05) is 37.6 Å². The van der Waals surface area contributed by atoms with Crippen LogP contribution >= 0.6 is 0 Å². The van der Waals surface area contributed by atoms with Crippen molar-refractivity contribution in [1.82, 2.24) is 20.2 Å². The molecular formula is C20H24FN5O. The third-order valence-electron chi connectivity index (χ3n) is 5.48. The van der Waals surface area contributed by atoms with Crippen molar-refractivity contribution in [2.45, 2.75) is 19.3 Å². The lowest BCUT2D eigenvalue weighted by Crippen LogP contribution is -2.52. The molecule has 0 spiro atoms. The first-order valence-electron chi connectivity index (χ1n) is 9.54. The number of benzene rings is 1. The smallest absolute Gasteiger partial charge is 0.317 e. The van der Waals surface area contributed by atoms with Crippen LogP contribution in [0.15, 0.2) is 36.8 Å². The molecule has 2 aliphatic rings. The van der Waals surface area contributed by atoms with Crippen LogP contribution in [0.2, 0.25) is 0 Å². The van der Waals surface area contributed by atoms with Gasteiger partial charge in [0.1, 0.15) is 12.1 Å². The number of hydrogen-bond donors (Lipinski definition) is 1. The van der Waals surface area contributed by atoms with Crippen molar-refractivity contribution in [3.8, 4) is 11.3 Å². The van der Waals surface area contributed by atoms with E-state index in [4.69, 9.17) is 0 Å². The predicted octanol–water partition coefficient (Wildman–Crippen LogP) is 2.91. The summed E-state index contributed by atoms with van der Waals surface area (Å²) >= 11 is 0. The SMILES string of the molecule is O=C(NCC1CCC1)N1CCN(c2cncnc2-c2ccc(F)cc2)CC1. The minimum atomic E-state index is -0.268. The van der Waals surface area contributed by atoms with Crippen LogP contribution < -0.4 is 10.2 Å². The molecule has 1 saturated carbocycles. The number of halogens is 1. The molecule has 6 nitrogen and oxygen atoms in total. The maximum atomic E-state index is 13.2. The van der Waals surface area contributed by atoms with Gasteiger partial charge < -0.3 is 15.1 Å². The highest BCUT2D eigenvalue weighted by molar-refractivity contribution is 5.76. The maximum absolute atomic E-state index is 13.2. The lowest BCUT2D eigenvalue weighted by molar-refractivity contribution is 0.188. The standard InChI is InChI=1S/C20H24FN5O/c21-17-6-4-16(5-7-17)19-18(13-22-14-24-19)25-8-10-26(11-9-25)20(27)23-12-15-2-1-3-15/h4-7,13-15H,1-3,8-12H2,(H,23,27). The van der Waals surface area contributed by atoms with E-state index in [-0.39, 0.29) is 11.8 Å². The van der Waals surface area contributed by atoms with Gasteiger partial charge in [-0.25, -0.2) is 19.2 Å². The summed E-state index contributed by atoms with van der Waals surface area (Å²) in [5, 5.41) is 3.06. The van der Waals surface area contributed by atoms with Crippen molar-refractivity contribution in [3.63, 3.8) is 0 Å². The minimum Gasteiger partial charge on any atom is -0.365 e. The van der Waals surface area contributed by atoms with E-state index >= 15 is 0 Å². The summed E-state index contributed by atoms with van der Waals surface area (Å²) in [7, 11) is 0. The third kappa shape index (κ3) is 4.02. The Labute approximate surface area is 158 Å². The fourth-order valence-electron chi connectivity index (χ4n) is 3.57. The monoisotopic (exact) mass is 369 g/mol. The highest BCUT2D eigenvalue weighted by atomic mass is 19.1. The number of amides is 2. The van der Waals surface area contributed by atoms with Gasteiger partial charge in [-0.2, -0.15) is 0 Å². The van der Waals surface area contributed by atoms with Crippen molar-refractivity contribution in [3.05, 3.63) is 42.6 Å². The summed E-state index contributed by atoms with van der Waals surface area (Å²) in [5.74, 6) is 0.394. The minimum absolute atomic E-state index is 0.0321. The van der Waals surface area contributed by atoms with Crippen molar-refractivity contribution in [1.29, 1.82) is 0 Å². The molecule has 27 heavy (non-hydrogen) atoms. The predicted molar refractivity (Wildman–Crippen MR) is 102 cm³/mol. The second-order valence-electron chi connectivity index (χ2n) is 7.22. The molecule has 2 amide bonds. The number of nitrogens with zero attached hydrogens (tertiary/aromatic N) is 4. The highest BCUT2D eigenvalue weighted by Crippen LogP contribution is 2.29. The molecule has 7 heteroatoms. The average Bonchev–Trinajstić information content (AvgIpc) is 2.67. The van der Waals surface area contributed by atoms with Gasteiger partial charge in [0, 0.05) is 38.3 Å². The Kier molecular flexibility index (Phi) is 5.18. The number of nitrogens with one attached hydrogen (secondary N) is 1. The molecule has 1 N–H and O–H groups in total. The summed E-state index contributed by atoms with van der Waals surface area (Å²) in [4.78, 5) is 25.0. The first-order chi connectivity index (χ1) is 13.2. The van der Waals surface area contributed by atoms with Crippen molar-refractivity contribution in [2.24, 2.45) is 5.92 Å². The Hall–Kier alpha value is -2.70. The van der Waals surface area contributed by atoms with Crippen molar-refractivity contribution < 1.29 is 9.18 Å². The van der Waals surface area contributed by atoms with Gasteiger partial charge in [-0.3, -0.25) is 0 Å². The second kappa shape index (κ2) is 7.90. The van der Waals surface area contributed by atoms with E-state index in [2.05, 4.69) is 20.2 Å². The third-order valence-corrected chi connectivity index (χ3v) is 5.48. The maximum Gasteiger partial charge on any atom is 0.317 e. The Morgan fingerprint density at radius 2 is 1.89 bits per heavy atom. The van der Waals surface area contributed by atoms with Gasteiger partial charge in [-0.1, -0.05) is 6.42 Å². The zero-order valence-corrected chi connectivity index (χ0v) is 15.3. The van der Waals surface area contributed by atoms with Crippen LogP contribution in [0.5, 0.6) is 0 Å². The highest BCUT2D eigenvalue weighted by Gasteiger charge is 2.25. The summed E-state index contributed by atoms with van der Waals surface area (Å²) < 4.78 is 13.2. The van der Waals surface area contributed by atoms with Gasteiger partial charge in [0.25, 0.3) is 0 Å². The number of anilines is 1. The molecule has 1 aromatic heterocycles. The first-order valence-corrected chi connectivity index (χ1v) is 9.54. The molecule has 0 radical (unpaired) electrons. The Morgan fingerprint density at radius 1 is 1.15 bits per heavy atom. The molecule has 0 atom stereocenters. The van der Waals surface area contributed by atoms with Gasteiger partial charge in [0.15, 0.2) is 0 Å². The number of carbonyl (C=O) groups excluding carboxylic acids is 1. The topological polar surface area (TPSA) is 61.4 Å². The molecule has 4 rings (SSSR count). The van der Waals surface area contributed by atoms with E-state index in [1.165, 1.54) is 37.7 Å². The van der Waals surface area contributed by atoms with Crippen LogP contribution in [-0.2, 0) is 0 Å². The van der Waals surface area contributed by atoms with Crippen LogP contribution in [0.1, 0.15) is 19.3 Å². The van der Waals surface area contributed by atoms with E-state index in [9.17, 15) is 9.18 Å². The van der Waals surface area contributed by atoms with E-state index in [0.29, 0.717) is 19.0 Å². The van der Waals surface area contributed by atoms with Crippen LogP contribution in [0.25, 0.3) is 11.3 Å². The number of aromatic nitrogens is 2. The Morgan fingerprint density at radius 3 is 2.56 bits per heavy atom. The molecule has 2 aromatic rings. The summed E-state index contributed by atoms with van der Waals surface area (Å²) in [6.45, 7) is 3.56. The fourth-order valence-corrected chi connectivity index (χ4v) is 3.57. The van der Waals surface area contributed by atoms with E-state index < -0.39 is 0 Å². The van der Waals surface area contributed by atoms with Crippen LogP contribution in [0, 0.1) is 11.7 Å². The lowest BCUT2D eigenvalue weighted by Gasteiger charge is -2.37. The van der Waals surface area contributed by atoms with Gasteiger partial charge >= 0.3 is 6.03 Å². The van der Waals surface area contributed by atoms with E-state index in [1.807, 2.05) is 4.90 Å². The van der Waals surface area contributed by atoms with Gasteiger partial charge in [-0.15, -0.1) is 0 Å². The molecule has 1 aromatic carbocycles. The Bertz CT molecular complexity index is 785. The van der Waals surface area contributed by atoms with Crippen LogP contribution in [0.4, 0.5) is 14.9 Å². The zero-order chi connectivity index (χ0) is 18.6. The fraction of sp³-hybridized carbons (Fsp3) is 0.450. The number of carbonyl (C=O) groups is 1. The zero-order valence-electron chi connectivity index (χ0n) is 15.3. The molecule has 0 unspecified atom stereocenters. The number of rotatable bonds is 4. The van der Waals surface area contributed by atoms with Crippen LogP contribution in [-0.4, -0.2) is 53.6 Å². The number of piperazine rings is 1. The van der Waals surface area contributed by atoms with E-state index in [0.717, 1.165) is 36.6 Å². The van der Waals surface area contributed by atoms with Gasteiger partial charge in [0.05, 0.1) is 17.6 Å². The average molecular weight is 369 g/mol. The van der Waals surface area contributed by atoms with Crippen LogP contribution in [0.3, 0.4) is 0 Å². The molecule has 0 bridgehead atoms. The summed E-state index contributed by atoms with van der Waals surface area (Å²) in [6.07, 6.45) is 7.04. The molecule has 1 aliphatic heterocycles. The number of urea groups is 1. The largest absolute Gasteiger partial charge is 0.365 e. The van der Waals surface area contributed by atoms with Crippen molar-refractivity contribution >= 4 is 11.7 Å². The summed E-state index contributed by atoms with van der Waals surface area (Å²) in [5.41, 5.74) is 2.56. The normalized spacial score (nSPS) is 17.5. The molecular weight excluding hydrogens is 345 g/mol. The second-order valence-corrected chi connectivity index (χ2v) is 7.22. The summed E-state index contributed by atoms with van der Waals surface area (Å²) in [6, 6.07) is 6.36. The molecule has 2 fully saturated rings. The van der Waals surface area contributed by atoms with Gasteiger partial charge in [0.2, 0.25) is 0 Å².